The number of aliphatic hydroxyl groups excluding tert-OH is 2. The summed E-state index contributed by atoms with van der Waals surface area (Å²) < 4.78 is 32.1. The molecule has 2 aromatic rings. The predicted octanol–water partition coefficient (Wildman–Crippen LogP) is 1.64. The Labute approximate surface area is 270 Å². The summed E-state index contributed by atoms with van der Waals surface area (Å²) in [7, 11) is -4.06. The SMILES string of the molecule is C[C@@H](O)[C@H]1C(=O)N2C(C(=O)O)=C(CN3c4ccccc4-c4cc(CC[N+]56CC[N+](CCCO)(CC5)CC6)ccc4S3(=O)=O)[C@H](C)[C@H]12. The molecule has 4 saturated heterocycles. The maximum atomic E-state index is 14.3. The van der Waals surface area contributed by atoms with E-state index >= 15 is 0 Å². The third kappa shape index (κ3) is 4.71. The minimum atomic E-state index is -4.06. The van der Waals surface area contributed by atoms with Crippen molar-refractivity contribution in [3.05, 3.63) is 59.3 Å². The summed E-state index contributed by atoms with van der Waals surface area (Å²) in [6, 6.07) is 12.4. The van der Waals surface area contributed by atoms with Crippen LogP contribution in [0.4, 0.5) is 5.69 Å². The Hall–Kier alpha value is -3.29. The van der Waals surface area contributed by atoms with Crippen molar-refractivity contribution >= 4 is 27.6 Å². The van der Waals surface area contributed by atoms with Gasteiger partial charge in [0, 0.05) is 36.5 Å². The number of amides is 1. The maximum Gasteiger partial charge on any atom is 0.352 e. The van der Waals surface area contributed by atoms with E-state index in [0.29, 0.717) is 16.8 Å². The van der Waals surface area contributed by atoms with Crippen LogP contribution in [-0.4, -0.2) is 127 Å². The highest BCUT2D eigenvalue weighted by atomic mass is 32.2. The molecular formula is C34H44N4O7S+2. The van der Waals surface area contributed by atoms with Crippen LogP contribution in [0, 0.1) is 11.8 Å². The minimum absolute atomic E-state index is 0.180. The molecule has 46 heavy (non-hydrogen) atoms. The molecule has 246 valence electrons. The van der Waals surface area contributed by atoms with E-state index < -0.39 is 45.9 Å². The van der Waals surface area contributed by atoms with Gasteiger partial charge in [0.15, 0.2) is 0 Å². The lowest BCUT2D eigenvalue weighted by Gasteiger charge is -2.55. The van der Waals surface area contributed by atoms with E-state index in [2.05, 4.69) is 0 Å². The average Bonchev–Trinajstić information content (AvgIpc) is 3.29. The van der Waals surface area contributed by atoms with Gasteiger partial charge in [-0.15, -0.1) is 0 Å². The van der Waals surface area contributed by atoms with Crippen LogP contribution >= 0.6 is 0 Å². The number of hydrogen-bond donors (Lipinski definition) is 3. The molecule has 0 unspecified atom stereocenters. The zero-order valence-electron chi connectivity index (χ0n) is 26.5. The Balaban J connectivity index is 1.16. The number of aliphatic carboxylic acids is 1. The quantitative estimate of drug-likeness (QED) is 0.263. The van der Waals surface area contributed by atoms with Crippen molar-refractivity contribution in [2.24, 2.45) is 11.8 Å². The summed E-state index contributed by atoms with van der Waals surface area (Å²) in [6.45, 7) is 12.3. The van der Waals surface area contributed by atoms with Gasteiger partial charge in [0.25, 0.3) is 10.0 Å². The Morgan fingerprint density at radius 2 is 1.65 bits per heavy atom. The van der Waals surface area contributed by atoms with Crippen LogP contribution in [0.2, 0.25) is 0 Å². The minimum Gasteiger partial charge on any atom is -0.477 e. The van der Waals surface area contributed by atoms with E-state index in [0.717, 1.165) is 85.3 Å². The molecule has 2 bridgehead atoms. The van der Waals surface area contributed by atoms with Crippen molar-refractivity contribution in [1.82, 2.24) is 4.90 Å². The van der Waals surface area contributed by atoms with E-state index in [4.69, 9.17) is 0 Å². The van der Waals surface area contributed by atoms with Crippen molar-refractivity contribution in [2.45, 2.75) is 43.7 Å². The van der Waals surface area contributed by atoms with Crippen LogP contribution < -0.4 is 4.31 Å². The maximum absolute atomic E-state index is 14.3. The van der Waals surface area contributed by atoms with Crippen LogP contribution in [0.3, 0.4) is 0 Å². The summed E-state index contributed by atoms with van der Waals surface area (Å²) >= 11 is 0. The first-order chi connectivity index (χ1) is 21.9. The first-order valence-electron chi connectivity index (χ1n) is 16.5. The molecule has 0 aliphatic carbocycles. The second-order valence-corrected chi connectivity index (χ2v) is 15.9. The molecule has 0 radical (unpaired) electrons. The summed E-state index contributed by atoms with van der Waals surface area (Å²) in [5.41, 5.74) is 3.18. The molecule has 6 aliphatic rings. The molecule has 0 aromatic heterocycles. The van der Waals surface area contributed by atoms with Gasteiger partial charge < -0.3 is 29.2 Å². The molecule has 0 saturated carbocycles. The largest absolute Gasteiger partial charge is 0.477 e. The number of carboxylic acid groups (broad SMARTS) is 1. The summed E-state index contributed by atoms with van der Waals surface area (Å²) in [4.78, 5) is 26.7. The van der Waals surface area contributed by atoms with Gasteiger partial charge in [-0.1, -0.05) is 31.2 Å². The van der Waals surface area contributed by atoms with Gasteiger partial charge in [-0.05, 0) is 36.3 Å². The fraction of sp³-hybridized carbons (Fsp3) is 0.529. The number of carbonyl (C=O) groups excluding carboxylic acids is 1. The smallest absolute Gasteiger partial charge is 0.352 e. The van der Waals surface area contributed by atoms with Gasteiger partial charge in [-0.3, -0.25) is 9.10 Å². The Morgan fingerprint density at radius 3 is 2.28 bits per heavy atom. The highest BCUT2D eigenvalue weighted by Crippen LogP contribution is 2.49. The van der Waals surface area contributed by atoms with Crippen LogP contribution in [0.25, 0.3) is 11.1 Å². The lowest BCUT2D eigenvalue weighted by atomic mass is 9.77. The molecule has 6 heterocycles. The molecular weight excluding hydrogens is 608 g/mol. The second kappa shape index (κ2) is 11.2. The summed E-state index contributed by atoms with van der Waals surface area (Å²) in [6.07, 6.45) is 0.763. The molecule has 11 nitrogen and oxygen atoms in total. The lowest BCUT2D eigenvalue weighted by molar-refractivity contribution is -1.08. The molecule has 1 amide bonds. The van der Waals surface area contributed by atoms with Crippen LogP contribution in [0.1, 0.15) is 25.8 Å². The number of anilines is 1. The van der Waals surface area contributed by atoms with Crippen molar-refractivity contribution in [3.63, 3.8) is 0 Å². The Kier molecular flexibility index (Phi) is 7.60. The van der Waals surface area contributed by atoms with Crippen molar-refractivity contribution in [2.75, 3.05) is 69.8 Å². The molecule has 8 rings (SSSR count). The number of quaternary nitrogens is 2. The number of nitrogens with zero attached hydrogens (tertiary/aromatic N) is 4. The van der Waals surface area contributed by atoms with Gasteiger partial charge in [-0.2, -0.15) is 0 Å². The van der Waals surface area contributed by atoms with E-state index in [-0.39, 0.29) is 23.7 Å². The van der Waals surface area contributed by atoms with E-state index in [1.165, 1.54) is 16.1 Å². The molecule has 6 aliphatic heterocycles. The van der Waals surface area contributed by atoms with Crippen LogP contribution in [0.15, 0.2) is 58.6 Å². The van der Waals surface area contributed by atoms with Gasteiger partial charge in [0.1, 0.15) is 45.0 Å². The van der Waals surface area contributed by atoms with Gasteiger partial charge in [-0.25, -0.2) is 13.2 Å². The number of piperazine rings is 3. The number of hydrogen-bond acceptors (Lipinski definition) is 6. The lowest BCUT2D eigenvalue weighted by Crippen LogP contribution is -2.75. The number of rotatable bonds is 10. The Bertz CT molecular complexity index is 1710. The molecule has 2 aromatic carbocycles. The first kappa shape index (κ1) is 31.3. The zero-order valence-corrected chi connectivity index (χ0v) is 27.3. The normalized spacial score (nSPS) is 31.3. The van der Waals surface area contributed by atoms with Gasteiger partial charge in [0.05, 0.1) is 48.3 Å². The average molecular weight is 653 g/mol. The van der Waals surface area contributed by atoms with Crippen molar-refractivity contribution in [3.8, 4) is 11.1 Å². The fourth-order valence-corrected chi connectivity index (χ4v) is 10.6. The number of para-hydroxylation sites is 1. The first-order valence-corrected chi connectivity index (χ1v) is 17.9. The van der Waals surface area contributed by atoms with E-state index in [1.54, 1.807) is 25.1 Å². The number of sulfonamides is 1. The molecule has 3 N–H and O–H groups in total. The summed E-state index contributed by atoms with van der Waals surface area (Å²) in [5.74, 6) is -2.89. The number of carboxylic acids is 1. The number of fused-ring (bicyclic) bond motifs is 7. The highest BCUT2D eigenvalue weighted by Gasteiger charge is 2.60. The van der Waals surface area contributed by atoms with Crippen LogP contribution in [-0.2, 0) is 26.0 Å². The molecule has 0 spiro atoms. The molecule has 12 heteroatoms. The standard InChI is InChI=1S/C34H43N4O7S/c1-22-27(32(34(42)43)36-31(22)30(23(2)40)33(36)41)21-35-28-7-4-3-6-25(28)26-20-24(8-9-29(26)46(35,44)45)10-12-38-16-13-37(14-17-38,15-18-38)11-5-19-39/h3-4,6-9,20,22-23,30-31,39-40H,5,10-19,21H2,1-2H3/q+1/p+1/t22-,23+,30+,31+,37?,38?/m0/s1. The number of β-lactam (4-membered cyclic amide) rings is 1. The monoisotopic (exact) mass is 652 g/mol. The van der Waals surface area contributed by atoms with E-state index in [9.17, 15) is 33.3 Å². The van der Waals surface area contributed by atoms with Gasteiger partial charge in [0.2, 0.25) is 5.91 Å². The fourth-order valence-electron chi connectivity index (χ4n) is 8.90. The molecule has 4 fully saturated rings. The van der Waals surface area contributed by atoms with Crippen molar-refractivity contribution < 1.29 is 42.3 Å². The Morgan fingerprint density at radius 1 is 1.00 bits per heavy atom. The number of carbonyl (C=O) groups is 2. The highest BCUT2D eigenvalue weighted by molar-refractivity contribution is 7.93. The number of benzene rings is 2. The van der Waals surface area contributed by atoms with Crippen LogP contribution in [0.5, 0.6) is 0 Å². The topological polar surface area (TPSA) is 135 Å². The second-order valence-electron chi connectivity index (χ2n) is 14.1. The third-order valence-corrected chi connectivity index (χ3v) is 13.5. The van der Waals surface area contributed by atoms with E-state index in [1.807, 2.05) is 24.3 Å². The van der Waals surface area contributed by atoms with Crippen molar-refractivity contribution in [1.29, 1.82) is 0 Å². The molecule has 4 atom stereocenters. The summed E-state index contributed by atoms with van der Waals surface area (Å²) in [5, 5.41) is 29.7. The third-order valence-electron chi connectivity index (χ3n) is 11.7. The number of aliphatic hydroxyl groups is 2. The zero-order chi connectivity index (χ0) is 32.6. The van der Waals surface area contributed by atoms with Gasteiger partial charge >= 0.3 is 5.97 Å². The predicted molar refractivity (Wildman–Crippen MR) is 171 cm³/mol.